The molecule has 0 spiro atoms. The van der Waals surface area contributed by atoms with Gasteiger partial charge in [-0.25, -0.2) is 0 Å². The first-order valence-corrected chi connectivity index (χ1v) is 7.48. The van der Waals surface area contributed by atoms with Crippen LogP contribution in [0.2, 0.25) is 0 Å². The topological polar surface area (TPSA) is 26.3 Å². The van der Waals surface area contributed by atoms with E-state index in [9.17, 15) is 4.79 Å². The van der Waals surface area contributed by atoms with Gasteiger partial charge < -0.3 is 4.74 Å². The van der Waals surface area contributed by atoms with E-state index < -0.39 is 5.41 Å². The van der Waals surface area contributed by atoms with Gasteiger partial charge in [0.1, 0.15) is 5.41 Å². The van der Waals surface area contributed by atoms with Gasteiger partial charge >= 0.3 is 5.97 Å². The summed E-state index contributed by atoms with van der Waals surface area (Å²) in [6, 6.07) is 18.5. The number of hydrogen-bond donors (Lipinski definition) is 0. The van der Waals surface area contributed by atoms with Gasteiger partial charge in [0.05, 0.1) is 6.61 Å². The monoisotopic (exact) mass is 280 g/mol. The van der Waals surface area contributed by atoms with Gasteiger partial charge in [0.25, 0.3) is 0 Å². The molecule has 3 rings (SSSR count). The lowest BCUT2D eigenvalue weighted by molar-refractivity contribution is -0.146. The molecule has 1 saturated carbocycles. The molecule has 0 aromatic heterocycles. The first-order valence-electron chi connectivity index (χ1n) is 7.48. The number of aryl methyl sites for hydroxylation is 1. The highest BCUT2D eigenvalue weighted by Crippen LogP contribution is 2.61. The molecule has 0 saturated heterocycles. The maximum absolute atomic E-state index is 12.6. The first kappa shape index (κ1) is 13.9. The van der Waals surface area contributed by atoms with Gasteiger partial charge in [-0.15, -0.1) is 0 Å². The van der Waals surface area contributed by atoms with Crippen LogP contribution in [0.4, 0.5) is 0 Å². The van der Waals surface area contributed by atoms with E-state index in [2.05, 4.69) is 31.2 Å². The number of hydrogen-bond acceptors (Lipinski definition) is 2. The van der Waals surface area contributed by atoms with Gasteiger partial charge in [0.15, 0.2) is 0 Å². The summed E-state index contributed by atoms with van der Waals surface area (Å²) in [7, 11) is 0. The van der Waals surface area contributed by atoms with Crippen LogP contribution >= 0.6 is 0 Å². The lowest BCUT2D eigenvalue weighted by Gasteiger charge is -2.17. The van der Waals surface area contributed by atoms with Gasteiger partial charge in [-0.05, 0) is 31.4 Å². The van der Waals surface area contributed by atoms with Crippen LogP contribution in [0.15, 0.2) is 54.6 Å². The minimum atomic E-state index is -0.494. The van der Waals surface area contributed by atoms with Crippen molar-refractivity contribution in [2.24, 2.45) is 0 Å². The van der Waals surface area contributed by atoms with Gasteiger partial charge in [-0.1, -0.05) is 60.2 Å². The molecule has 0 bridgehead atoms. The summed E-state index contributed by atoms with van der Waals surface area (Å²) < 4.78 is 5.36. The van der Waals surface area contributed by atoms with Crippen LogP contribution in [-0.4, -0.2) is 12.6 Å². The molecular formula is C19H20O2. The van der Waals surface area contributed by atoms with Crippen LogP contribution in [-0.2, 0) is 14.9 Å². The van der Waals surface area contributed by atoms with Crippen molar-refractivity contribution in [1.82, 2.24) is 0 Å². The van der Waals surface area contributed by atoms with Crippen molar-refractivity contribution in [2.45, 2.75) is 31.6 Å². The van der Waals surface area contributed by atoms with Crippen molar-refractivity contribution in [2.75, 3.05) is 6.61 Å². The van der Waals surface area contributed by atoms with Crippen LogP contribution in [0.25, 0.3) is 0 Å². The van der Waals surface area contributed by atoms with Crippen molar-refractivity contribution < 1.29 is 9.53 Å². The third-order valence-corrected chi connectivity index (χ3v) is 4.37. The molecule has 0 N–H and O–H groups in total. The zero-order valence-corrected chi connectivity index (χ0v) is 12.5. The first-order chi connectivity index (χ1) is 10.2. The average Bonchev–Trinajstić information content (AvgIpc) is 3.26. The fourth-order valence-corrected chi connectivity index (χ4v) is 3.12. The minimum Gasteiger partial charge on any atom is -0.465 e. The molecular weight excluding hydrogens is 260 g/mol. The number of ether oxygens (including phenoxy) is 1. The number of carbonyl (C=O) groups excluding carboxylic acids is 1. The lowest BCUT2D eigenvalue weighted by Crippen LogP contribution is -2.25. The van der Waals surface area contributed by atoms with Crippen molar-refractivity contribution in [1.29, 1.82) is 0 Å². The van der Waals surface area contributed by atoms with Crippen LogP contribution in [0.3, 0.4) is 0 Å². The Labute approximate surface area is 125 Å². The molecule has 0 aliphatic heterocycles. The molecule has 1 aliphatic rings. The van der Waals surface area contributed by atoms with E-state index in [1.807, 2.05) is 37.3 Å². The summed E-state index contributed by atoms with van der Waals surface area (Å²) in [4.78, 5) is 12.6. The number of carbonyl (C=O) groups is 1. The highest BCUT2D eigenvalue weighted by molar-refractivity contribution is 5.89. The van der Waals surface area contributed by atoms with Gasteiger partial charge in [-0.3, -0.25) is 4.79 Å². The van der Waals surface area contributed by atoms with Crippen LogP contribution in [0.5, 0.6) is 0 Å². The smallest absolute Gasteiger partial charge is 0.317 e. The molecule has 0 radical (unpaired) electrons. The van der Waals surface area contributed by atoms with Crippen molar-refractivity contribution in [3.05, 3.63) is 71.3 Å². The summed E-state index contributed by atoms with van der Waals surface area (Å²) >= 11 is 0. The molecule has 1 aliphatic carbocycles. The molecule has 2 aromatic carbocycles. The average molecular weight is 280 g/mol. The Morgan fingerprint density at radius 2 is 1.81 bits per heavy atom. The SMILES string of the molecule is CCOC(=O)[C@]1(c2ccccc2)C[C@H]1c1ccc(C)cc1. The lowest BCUT2D eigenvalue weighted by atomic mass is 9.90. The zero-order valence-electron chi connectivity index (χ0n) is 12.5. The largest absolute Gasteiger partial charge is 0.465 e. The summed E-state index contributed by atoms with van der Waals surface area (Å²) in [6.07, 6.45) is 0.832. The normalized spacial score (nSPS) is 23.6. The quantitative estimate of drug-likeness (QED) is 0.792. The van der Waals surface area contributed by atoms with Crippen LogP contribution < -0.4 is 0 Å². The van der Waals surface area contributed by atoms with E-state index in [-0.39, 0.29) is 11.9 Å². The van der Waals surface area contributed by atoms with Gasteiger partial charge in [-0.2, -0.15) is 0 Å². The van der Waals surface area contributed by atoms with Crippen molar-refractivity contribution in [3.8, 4) is 0 Å². The van der Waals surface area contributed by atoms with Gasteiger partial charge in [0.2, 0.25) is 0 Å². The molecule has 108 valence electrons. The van der Waals surface area contributed by atoms with Crippen molar-refractivity contribution >= 4 is 5.97 Å². The molecule has 0 amide bonds. The Morgan fingerprint density at radius 3 is 2.43 bits per heavy atom. The Balaban J connectivity index is 1.97. The molecule has 2 heteroatoms. The highest BCUT2D eigenvalue weighted by Gasteiger charge is 2.62. The van der Waals surface area contributed by atoms with E-state index in [4.69, 9.17) is 4.74 Å². The molecule has 2 nitrogen and oxygen atoms in total. The second-order valence-corrected chi connectivity index (χ2v) is 5.73. The Hall–Kier alpha value is -2.09. The van der Waals surface area contributed by atoms with Crippen LogP contribution in [0, 0.1) is 6.92 Å². The van der Waals surface area contributed by atoms with E-state index in [0.29, 0.717) is 6.61 Å². The summed E-state index contributed by atoms with van der Waals surface area (Å²) in [5, 5.41) is 0. The van der Waals surface area contributed by atoms with E-state index in [0.717, 1.165) is 12.0 Å². The predicted molar refractivity (Wildman–Crippen MR) is 83.3 cm³/mol. The zero-order chi connectivity index (χ0) is 14.9. The fourth-order valence-electron chi connectivity index (χ4n) is 3.12. The fraction of sp³-hybridized carbons (Fsp3) is 0.316. The second kappa shape index (κ2) is 5.36. The van der Waals surface area contributed by atoms with Crippen LogP contribution in [0.1, 0.15) is 36.0 Å². The minimum absolute atomic E-state index is 0.0956. The standard InChI is InChI=1S/C19H20O2/c1-3-21-18(20)19(16-7-5-4-6-8-16)13-17(19)15-11-9-14(2)10-12-15/h4-12,17H,3,13H2,1-2H3/t17-,19-/m0/s1. The third kappa shape index (κ3) is 2.35. The summed E-state index contributed by atoms with van der Waals surface area (Å²) in [5.74, 6) is 0.126. The molecule has 2 aromatic rings. The maximum atomic E-state index is 12.6. The molecule has 0 heterocycles. The molecule has 21 heavy (non-hydrogen) atoms. The summed E-state index contributed by atoms with van der Waals surface area (Å²) in [6.45, 7) is 4.36. The predicted octanol–water partition coefficient (Wildman–Crippen LogP) is 3.98. The Kier molecular flexibility index (Phi) is 3.54. The van der Waals surface area contributed by atoms with E-state index in [1.54, 1.807) is 0 Å². The molecule has 2 atom stereocenters. The van der Waals surface area contributed by atoms with Gasteiger partial charge in [0, 0.05) is 5.92 Å². The molecule has 0 unspecified atom stereocenters. The van der Waals surface area contributed by atoms with E-state index in [1.165, 1.54) is 11.1 Å². The Morgan fingerprint density at radius 1 is 1.14 bits per heavy atom. The second-order valence-electron chi connectivity index (χ2n) is 5.73. The summed E-state index contributed by atoms with van der Waals surface area (Å²) in [5.41, 5.74) is 3.03. The Bertz CT molecular complexity index is 630. The number of benzene rings is 2. The highest BCUT2D eigenvalue weighted by atomic mass is 16.5. The maximum Gasteiger partial charge on any atom is 0.317 e. The third-order valence-electron chi connectivity index (χ3n) is 4.37. The molecule has 1 fully saturated rings. The van der Waals surface area contributed by atoms with Crippen molar-refractivity contribution in [3.63, 3.8) is 0 Å². The number of rotatable bonds is 4. The number of esters is 1. The van der Waals surface area contributed by atoms with E-state index >= 15 is 0 Å².